The number of rotatable bonds is 1. The highest BCUT2D eigenvalue weighted by molar-refractivity contribution is 5.72. The van der Waals surface area contributed by atoms with Gasteiger partial charge < -0.3 is 9.84 Å². The van der Waals surface area contributed by atoms with Crippen LogP contribution >= 0.6 is 0 Å². The van der Waals surface area contributed by atoms with Gasteiger partial charge in [-0.05, 0) is 93.3 Å². The number of carbonyl (C=O) groups excluding carboxylic acids is 1. The molecule has 3 nitrogen and oxygen atoms in total. The van der Waals surface area contributed by atoms with E-state index >= 15 is 0 Å². The van der Waals surface area contributed by atoms with Gasteiger partial charge in [-0.3, -0.25) is 4.79 Å². The molecule has 0 aromatic carbocycles. The number of carbonyl (C=O) groups is 1. The Morgan fingerprint density at radius 3 is 2.59 bits per heavy atom. The van der Waals surface area contributed by atoms with E-state index in [2.05, 4.69) is 26.8 Å². The summed E-state index contributed by atoms with van der Waals surface area (Å²) in [5.41, 5.74) is 1.95. The van der Waals surface area contributed by atoms with E-state index in [1.165, 1.54) is 32.1 Å². The Hall–Kier alpha value is -0.830. The van der Waals surface area contributed by atoms with Crippen LogP contribution in [0.5, 0.6) is 0 Å². The van der Waals surface area contributed by atoms with Crippen LogP contribution in [0.25, 0.3) is 0 Å². The van der Waals surface area contributed by atoms with E-state index in [0.29, 0.717) is 23.2 Å². The zero-order chi connectivity index (χ0) is 19.0. The molecule has 8 atom stereocenters. The number of aliphatic hydroxyl groups excluding tert-OH is 1. The molecule has 3 heteroatoms. The van der Waals surface area contributed by atoms with E-state index in [-0.39, 0.29) is 17.7 Å². The average molecular weight is 373 g/mol. The Morgan fingerprint density at radius 1 is 1.04 bits per heavy atom. The number of hydrogen-bond acceptors (Lipinski definition) is 3. The van der Waals surface area contributed by atoms with Gasteiger partial charge in [-0.1, -0.05) is 25.5 Å². The molecule has 1 heterocycles. The van der Waals surface area contributed by atoms with Gasteiger partial charge in [-0.25, -0.2) is 0 Å². The molecule has 0 spiro atoms. The Kier molecular flexibility index (Phi) is 3.94. The van der Waals surface area contributed by atoms with Crippen LogP contribution in [-0.4, -0.2) is 22.8 Å². The van der Waals surface area contributed by atoms with Crippen molar-refractivity contribution in [2.75, 3.05) is 0 Å². The average Bonchev–Trinajstić information content (AvgIpc) is 3.15. The number of hydrogen-bond donors (Lipinski definition) is 1. The SMILES string of the molecule is C[C@]12CC[C@H]3[C@@H](CC=C4C[C@@H](O)CC[C@@]43C)[C@@H]1CC[C@@H]2[C@]1(C)CCC(=O)O1. The topological polar surface area (TPSA) is 46.5 Å². The Labute approximate surface area is 163 Å². The van der Waals surface area contributed by atoms with Crippen LogP contribution in [0.1, 0.15) is 85.0 Å². The maximum Gasteiger partial charge on any atom is 0.306 e. The number of cyclic esters (lactones) is 1. The molecule has 0 aromatic rings. The zero-order valence-corrected chi connectivity index (χ0v) is 17.3. The summed E-state index contributed by atoms with van der Waals surface area (Å²) in [6, 6.07) is 0. The second-order valence-corrected chi connectivity index (χ2v) is 11.1. The molecule has 150 valence electrons. The van der Waals surface area contributed by atoms with Crippen molar-refractivity contribution in [3.8, 4) is 0 Å². The summed E-state index contributed by atoms with van der Waals surface area (Å²) in [6.45, 7) is 7.23. The van der Waals surface area contributed by atoms with Gasteiger partial charge in [0.05, 0.1) is 6.10 Å². The van der Waals surface area contributed by atoms with Crippen molar-refractivity contribution in [3.63, 3.8) is 0 Å². The summed E-state index contributed by atoms with van der Waals surface area (Å²) >= 11 is 0. The second-order valence-electron chi connectivity index (χ2n) is 11.1. The van der Waals surface area contributed by atoms with Crippen LogP contribution in [-0.2, 0) is 9.53 Å². The molecule has 3 saturated carbocycles. The minimum absolute atomic E-state index is 0.0109. The maximum absolute atomic E-state index is 11.9. The van der Waals surface area contributed by atoms with Crippen molar-refractivity contribution in [2.45, 2.75) is 96.7 Å². The van der Waals surface area contributed by atoms with Crippen molar-refractivity contribution >= 4 is 5.97 Å². The van der Waals surface area contributed by atoms with Gasteiger partial charge in [0, 0.05) is 12.3 Å². The molecule has 5 aliphatic rings. The maximum atomic E-state index is 11.9. The van der Waals surface area contributed by atoms with Crippen LogP contribution in [0.3, 0.4) is 0 Å². The molecule has 0 radical (unpaired) electrons. The van der Waals surface area contributed by atoms with E-state index in [0.717, 1.165) is 43.4 Å². The smallest absolute Gasteiger partial charge is 0.306 e. The van der Waals surface area contributed by atoms with Crippen molar-refractivity contribution in [1.82, 2.24) is 0 Å². The summed E-state index contributed by atoms with van der Waals surface area (Å²) in [4.78, 5) is 11.9. The summed E-state index contributed by atoms with van der Waals surface area (Å²) in [6.07, 6.45) is 13.2. The van der Waals surface area contributed by atoms with E-state index in [4.69, 9.17) is 4.74 Å². The molecule has 4 aliphatic carbocycles. The molecule has 4 fully saturated rings. The highest BCUT2D eigenvalue weighted by atomic mass is 16.6. The molecular weight excluding hydrogens is 336 g/mol. The molecule has 0 unspecified atom stereocenters. The van der Waals surface area contributed by atoms with Crippen molar-refractivity contribution in [2.24, 2.45) is 34.5 Å². The van der Waals surface area contributed by atoms with Gasteiger partial charge >= 0.3 is 5.97 Å². The normalized spacial score (nSPS) is 54.6. The van der Waals surface area contributed by atoms with Crippen LogP contribution in [0, 0.1) is 34.5 Å². The Morgan fingerprint density at radius 2 is 1.85 bits per heavy atom. The van der Waals surface area contributed by atoms with Gasteiger partial charge in [0.1, 0.15) is 5.60 Å². The third-order valence-electron chi connectivity index (χ3n) is 9.99. The fraction of sp³-hybridized carbons (Fsp3) is 0.875. The van der Waals surface area contributed by atoms with Gasteiger partial charge in [0.2, 0.25) is 0 Å². The molecule has 27 heavy (non-hydrogen) atoms. The predicted octanol–water partition coefficient (Wildman–Crippen LogP) is 5.02. The first-order valence-electron chi connectivity index (χ1n) is 11.4. The Balaban J connectivity index is 1.44. The fourth-order valence-electron chi connectivity index (χ4n) is 8.60. The van der Waals surface area contributed by atoms with Crippen LogP contribution in [0.15, 0.2) is 11.6 Å². The molecular formula is C24H36O3. The number of fused-ring (bicyclic) bond motifs is 5. The summed E-state index contributed by atoms with van der Waals surface area (Å²) < 4.78 is 5.92. The van der Waals surface area contributed by atoms with E-state index < -0.39 is 0 Å². The lowest BCUT2D eigenvalue weighted by Gasteiger charge is -2.58. The molecule has 0 amide bonds. The molecule has 1 N–H and O–H groups in total. The Bertz CT molecular complexity index is 683. The lowest BCUT2D eigenvalue weighted by molar-refractivity contribution is -0.158. The standard InChI is InChI=1S/C24H36O3/c1-22-11-8-16(25)14-15(22)4-5-17-18-6-7-20(23(18,2)12-9-19(17)22)24(3)13-10-21(26)27-24/h4,16-20,25H,5-14H2,1-3H3/t16-,17-,18-,19-,20-,22-,23-,24-/m0/s1. The summed E-state index contributed by atoms with van der Waals surface area (Å²) in [5.74, 6) is 2.85. The highest BCUT2D eigenvalue weighted by Gasteiger charge is 2.62. The predicted molar refractivity (Wildman–Crippen MR) is 105 cm³/mol. The van der Waals surface area contributed by atoms with Crippen molar-refractivity contribution in [1.29, 1.82) is 0 Å². The third kappa shape index (κ3) is 2.46. The summed E-state index contributed by atoms with van der Waals surface area (Å²) in [5, 5.41) is 10.2. The lowest BCUT2D eigenvalue weighted by atomic mass is 9.46. The molecule has 1 aliphatic heterocycles. The minimum atomic E-state index is -0.234. The number of aliphatic hydroxyl groups is 1. The highest BCUT2D eigenvalue weighted by Crippen LogP contribution is 2.68. The zero-order valence-electron chi connectivity index (χ0n) is 17.3. The summed E-state index contributed by atoms with van der Waals surface area (Å²) in [7, 11) is 0. The van der Waals surface area contributed by atoms with Gasteiger partial charge in [0.25, 0.3) is 0 Å². The first kappa shape index (κ1) is 18.2. The third-order valence-corrected chi connectivity index (χ3v) is 9.99. The monoisotopic (exact) mass is 372 g/mol. The molecule has 1 saturated heterocycles. The lowest BCUT2D eigenvalue weighted by Crippen LogP contribution is -2.53. The largest absolute Gasteiger partial charge is 0.459 e. The van der Waals surface area contributed by atoms with Gasteiger partial charge in [0.15, 0.2) is 0 Å². The number of ether oxygens (including phenoxy) is 1. The van der Waals surface area contributed by atoms with E-state index in [1.54, 1.807) is 5.57 Å². The molecule has 5 rings (SSSR count). The van der Waals surface area contributed by atoms with Crippen molar-refractivity contribution in [3.05, 3.63) is 11.6 Å². The first-order valence-corrected chi connectivity index (χ1v) is 11.4. The van der Waals surface area contributed by atoms with Crippen molar-refractivity contribution < 1.29 is 14.6 Å². The quantitative estimate of drug-likeness (QED) is 0.519. The van der Waals surface area contributed by atoms with Crippen LogP contribution < -0.4 is 0 Å². The van der Waals surface area contributed by atoms with Crippen LogP contribution in [0.2, 0.25) is 0 Å². The van der Waals surface area contributed by atoms with Gasteiger partial charge in [-0.15, -0.1) is 0 Å². The second kappa shape index (κ2) is 5.84. The number of allylic oxidation sites excluding steroid dienone is 1. The number of esters is 1. The van der Waals surface area contributed by atoms with Crippen LogP contribution in [0.4, 0.5) is 0 Å². The van der Waals surface area contributed by atoms with Gasteiger partial charge in [-0.2, -0.15) is 0 Å². The van der Waals surface area contributed by atoms with E-state index in [1.807, 2.05) is 0 Å². The minimum Gasteiger partial charge on any atom is -0.459 e. The van der Waals surface area contributed by atoms with E-state index in [9.17, 15) is 9.90 Å². The molecule has 0 aromatic heterocycles. The molecule has 0 bridgehead atoms. The first-order chi connectivity index (χ1) is 12.8. The fourth-order valence-corrected chi connectivity index (χ4v) is 8.60.